The minimum Gasteiger partial charge on any atom is -0.482 e. The first-order chi connectivity index (χ1) is 15.0. The Morgan fingerprint density at radius 2 is 1.71 bits per heavy atom. The minimum atomic E-state index is -0.561. The van der Waals surface area contributed by atoms with Crippen LogP contribution in [0.25, 0.3) is 0 Å². The molecule has 6 heteroatoms. The van der Waals surface area contributed by atoms with Crippen LogP contribution in [0.5, 0.6) is 11.5 Å². The Hall–Kier alpha value is -3.12. The molecule has 0 saturated heterocycles. The molecule has 0 spiro atoms. The van der Waals surface area contributed by atoms with Crippen molar-refractivity contribution in [3.8, 4) is 11.5 Å². The molecule has 0 aromatic heterocycles. The quantitative estimate of drug-likeness (QED) is 0.228. The smallest absolute Gasteiger partial charge is 0.349 e. The van der Waals surface area contributed by atoms with Crippen LogP contribution in [0.1, 0.15) is 27.9 Å². The van der Waals surface area contributed by atoms with Gasteiger partial charge in [-0.1, -0.05) is 52.3 Å². The van der Waals surface area contributed by atoms with Gasteiger partial charge in [-0.3, -0.25) is 0 Å². The first kappa shape index (κ1) is 22.6. The lowest BCUT2D eigenvalue weighted by atomic mass is 10.1. The van der Waals surface area contributed by atoms with Crippen molar-refractivity contribution in [2.45, 2.75) is 19.8 Å². The second-order valence-corrected chi connectivity index (χ2v) is 7.78. The molecule has 31 heavy (non-hydrogen) atoms. The molecule has 3 rings (SSSR count). The molecule has 0 atom stereocenters. The first-order valence-corrected chi connectivity index (χ1v) is 10.7. The molecule has 0 N–H and O–H groups in total. The number of carbonyl (C=O) groups excluding carboxylic acids is 2. The first-order valence-electron chi connectivity index (χ1n) is 9.92. The highest BCUT2D eigenvalue weighted by Crippen LogP contribution is 2.21. The number of esters is 2. The number of hydrogen-bond acceptors (Lipinski definition) is 5. The third-order valence-electron chi connectivity index (χ3n) is 4.47. The van der Waals surface area contributed by atoms with Gasteiger partial charge in [0.1, 0.15) is 11.5 Å². The van der Waals surface area contributed by atoms with Gasteiger partial charge in [-0.15, -0.1) is 0 Å². The zero-order chi connectivity index (χ0) is 22.1. The van der Waals surface area contributed by atoms with Gasteiger partial charge in [0.15, 0.2) is 6.61 Å². The Morgan fingerprint density at radius 1 is 0.903 bits per heavy atom. The van der Waals surface area contributed by atoms with E-state index in [2.05, 4.69) is 15.9 Å². The maximum Gasteiger partial charge on any atom is 0.349 e. The van der Waals surface area contributed by atoms with E-state index in [1.165, 1.54) is 11.6 Å². The summed E-state index contributed by atoms with van der Waals surface area (Å²) in [5.74, 6) is -0.175. The van der Waals surface area contributed by atoms with Gasteiger partial charge in [0.2, 0.25) is 0 Å². The van der Waals surface area contributed by atoms with Crippen LogP contribution in [-0.4, -0.2) is 25.2 Å². The number of benzene rings is 3. The van der Waals surface area contributed by atoms with Gasteiger partial charge in [0.05, 0.1) is 12.2 Å². The Labute approximate surface area is 190 Å². The summed E-state index contributed by atoms with van der Waals surface area (Å²) in [4.78, 5) is 24.4. The summed E-state index contributed by atoms with van der Waals surface area (Å²) in [6.45, 7) is 2.01. The second kappa shape index (κ2) is 11.3. The summed E-state index contributed by atoms with van der Waals surface area (Å²) < 4.78 is 17.0. The number of ether oxygens (including phenoxy) is 3. The molecule has 0 bridgehead atoms. The molecule has 0 heterocycles. The molecule has 3 aromatic carbocycles. The van der Waals surface area contributed by atoms with Crippen LogP contribution in [0.15, 0.2) is 77.3 Å². The molecule has 0 unspecified atom stereocenters. The van der Waals surface area contributed by atoms with E-state index < -0.39 is 11.9 Å². The van der Waals surface area contributed by atoms with Crippen LogP contribution in [0, 0.1) is 6.92 Å². The van der Waals surface area contributed by atoms with Gasteiger partial charge in [-0.25, -0.2) is 9.59 Å². The van der Waals surface area contributed by atoms with Crippen molar-refractivity contribution in [2.24, 2.45) is 0 Å². The summed E-state index contributed by atoms with van der Waals surface area (Å²) in [6.07, 6.45) is 1.57. The van der Waals surface area contributed by atoms with Crippen LogP contribution >= 0.6 is 15.9 Å². The average molecular weight is 483 g/mol. The van der Waals surface area contributed by atoms with E-state index >= 15 is 0 Å². The number of hydrogen-bond donors (Lipinski definition) is 0. The lowest BCUT2D eigenvalue weighted by Crippen LogP contribution is -2.18. The fourth-order valence-electron chi connectivity index (χ4n) is 2.87. The highest BCUT2D eigenvalue weighted by molar-refractivity contribution is 9.10. The van der Waals surface area contributed by atoms with Crippen LogP contribution < -0.4 is 9.47 Å². The highest BCUT2D eigenvalue weighted by Gasteiger charge is 2.11. The van der Waals surface area contributed by atoms with Gasteiger partial charge in [0, 0.05) is 4.47 Å². The SMILES string of the molecule is Cc1cc(OCC(=O)Oc2cccc(C(=O)OCCCc3ccccc3)c2)ccc1Br. The van der Waals surface area contributed by atoms with E-state index in [-0.39, 0.29) is 12.4 Å². The number of carbonyl (C=O) groups is 2. The number of halogens is 1. The van der Waals surface area contributed by atoms with E-state index in [0.29, 0.717) is 17.9 Å². The molecule has 0 radical (unpaired) electrons. The van der Waals surface area contributed by atoms with E-state index in [0.717, 1.165) is 22.9 Å². The van der Waals surface area contributed by atoms with Crippen molar-refractivity contribution >= 4 is 27.9 Å². The largest absolute Gasteiger partial charge is 0.482 e. The third-order valence-corrected chi connectivity index (χ3v) is 5.36. The summed E-state index contributed by atoms with van der Waals surface area (Å²) in [7, 11) is 0. The van der Waals surface area contributed by atoms with Gasteiger partial charge >= 0.3 is 11.9 Å². The van der Waals surface area contributed by atoms with Crippen molar-refractivity contribution in [2.75, 3.05) is 13.2 Å². The molecule has 0 aliphatic rings. The topological polar surface area (TPSA) is 61.8 Å². The number of aryl methyl sites for hydroxylation is 2. The fraction of sp³-hybridized carbons (Fsp3) is 0.200. The predicted molar refractivity (Wildman–Crippen MR) is 121 cm³/mol. The molecular weight excluding hydrogens is 460 g/mol. The monoisotopic (exact) mass is 482 g/mol. The zero-order valence-corrected chi connectivity index (χ0v) is 18.8. The molecule has 160 valence electrons. The Morgan fingerprint density at radius 3 is 2.48 bits per heavy atom. The zero-order valence-electron chi connectivity index (χ0n) is 17.2. The minimum absolute atomic E-state index is 0.241. The molecular formula is C25H23BrO5. The van der Waals surface area contributed by atoms with Crippen LogP contribution in [-0.2, 0) is 16.0 Å². The maximum atomic E-state index is 12.3. The molecule has 0 saturated carbocycles. The lowest BCUT2D eigenvalue weighted by Gasteiger charge is -2.09. The Bertz CT molecular complexity index is 1030. The van der Waals surface area contributed by atoms with Gasteiger partial charge in [0.25, 0.3) is 0 Å². The van der Waals surface area contributed by atoms with Crippen molar-refractivity contribution < 1.29 is 23.8 Å². The normalized spacial score (nSPS) is 10.4. The van der Waals surface area contributed by atoms with Gasteiger partial charge in [-0.05, 0) is 67.3 Å². The molecule has 0 amide bonds. The van der Waals surface area contributed by atoms with E-state index in [9.17, 15) is 9.59 Å². The van der Waals surface area contributed by atoms with Gasteiger partial charge in [-0.2, -0.15) is 0 Å². The van der Waals surface area contributed by atoms with Crippen LogP contribution in [0.2, 0.25) is 0 Å². The van der Waals surface area contributed by atoms with E-state index in [1.54, 1.807) is 24.3 Å². The predicted octanol–water partition coefficient (Wildman–Crippen LogP) is 5.53. The van der Waals surface area contributed by atoms with E-state index in [4.69, 9.17) is 14.2 Å². The molecule has 0 aliphatic carbocycles. The van der Waals surface area contributed by atoms with Crippen LogP contribution in [0.4, 0.5) is 0 Å². The van der Waals surface area contributed by atoms with Crippen molar-refractivity contribution in [3.63, 3.8) is 0 Å². The summed E-state index contributed by atoms with van der Waals surface area (Å²) in [5.41, 5.74) is 2.53. The fourth-order valence-corrected chi connectivity index (χ4v) is 3.11. The summed E-state index contributed by atoms with van der Waals surface area (Å²) in [6, 6.07) is 21.8. The Kier molecular flexibility index (Phi) is 8.24. The molecule has 3 aromatic rings. The number of rotatable bonds is 9. The lowest BCUT2D eigenvalue weighted by molar-refractivity contribution is -0.136. The maximum absolute atomic E-state index is 12.3. The third kappa shape index (κ3) is 7.26. The van der Waals surface area contributed by atoms with E-state index in [1.807, 2.05) is 49.4 Å². The van der Waals surface area contributed by atoms with Crippen LogP contribution in [0.3, 0.4) is 0 Å². The highest BCUT2D eigenvalue weighted by atomic mass is 79.9. The molecule has 0 fully saturated rings. The molecule has 5 nitrogen and oxygen atoms in total. The second-order valence-electron chi connectivity index (χ2n) is 6.93. The Balaban J connectivity index is 1.45. The summed E-state index contributed by atoms with van der Waals surface area (Å²) >= 11 is 3.42. The van der Waals surface area contributed by atoms with Crippen molar-refractivity contribution in [1.82, 2.24) is 0 Å². The average Bonchev–Trinajstić information content (AvgIpc) is 2.78. The van der Waals surface area contributed by atoms with Crippen molar-refractivity contribution in [3.05, 3.63) is 94.0 Å². The van der Waals surface area contributed by atoms with Crippen molar-refractivity contribution in [1.29, 1.82) is 0 Å². The standard InChI is InChI=1S/C25H23BrO5/c1-18-15-21(12-13-23(18)26)30-17-24(27)31-22-11-5-10-20(16-22)25(28)29-14-6-9-19-7-3-2-4-8-19/h2-5,7-8,10-13,15-16H,6,9,14,17H2,1H3. The summed E-state index contributed by atoms with van der Waals surface area (Å²) in [5, 5.41) is 0. The molecule has 0 aliphatic heterocycles. The van der Waals surface area contributed by atoms with Gasteiger partial charge < -0.3 is 14.2 Å².